The van der Waals surface area contributed by atoms with Gasteiger partial charge in [0.25, 0.3) is 5.91 Å². The number of hydrogen-bond acceptors (Lipinski definition) is 4. The molecule has 0 saturated heterocycles. The van der Waals surface area contributed by atoms with Gasteiger partial charge in [-0.2, -0.15) is 0 Å². The fraction of sp³-hybridized carbons (Fsp3) is 0.120. The Morgan fingerprint density at radius 2 is 1.71 bits per heavy atom. The minimum atomic E-state index is -0.379. The summed E-state index contributed by atoms with van der Waals surface area (Å²) in [7, 11) is 0. The molecule has 0 aliphatic heterocycles. The van der Waals surface area contributed by atoms with Crippen LogP contribution in [0.15, 0.2) is 89.5 Å². The number of hydrogen-bond donors (Lipinski definition) is 2. The van der Waals surface area contributed by atoms with Crippen molar-refractivity contribution in [3.63, 3.8) is 0 Å². The Morgan fingerprint density at radius 3 is 2.45 bits per heavy atom. The van der Waals surface area contributed by atoms with Crippen molar-refractivity contribution in [3.05, 3.63) is 107 Å². The second-order valence-corrected chi connectivity index (χ2v) is 7.63. The van der Waals surface area contributed by atoms with Gasteiger partial charge in [-0.1, -0.05) is 83.5 Å². The Bertz CT molecular complexity index is 1160. The van der Waals surface area contributed by atoms with Gasteiger partial charge in [0.15, 0.2) is 11.5 Å². The molecule has 1 aromatic heterocycles. The molecule has 1 amide bonds. The number of rotatable bonds is 7. The fourth-order valence-corrected chi connectivity index (χ4v) is 3.38. The van der Waals surface area contributed by atoms with Crippen LogP contribution in [0.25, 0.3) is 11.3 Å². The first kappa shape index (κ1) is 20.8. The highest BCUT2D eigenvalue weighted by atomic mass is 35.5. The van der Waals surface area contributed by atoms with Gasteiger partial charge in [-0.15, -0.1) is 0 Å². The van der Waals surface area contributed by atoms with Crippen LogP contribution in [-0.2, 0) is 6.54 Å². The summed E-state index contributed by atoms with van der Waals surface area (Å²) < 4.78 is 5.32. The van der Waals surface area contributed by atoms with E-state index >= 15 is 0 Å². The lowest BCUT2D eigenvalue weighted by Crippen LogP contribution is -2.18. The highest BCUT2D eigenvalue weighted by Crippen LogP contribution is 2.25. The third kappa shape index (κ3) is 5.20. The van der Waals surface area contributed by atoms with Gasteiger partial charge in [0.05, 0.1) is 10.7 Å². The summed E-state index contributed by atoms with van der Waals surface area (Å²) >= 11 is 6.31. The summed E-state index contributed by atoms with van der Waals surface area (Å²) in [5.41, 5.74) is 3.80. The summed E-state index contributed by atoms with van der Waals surface area (Å²) in [6.45, 7) is 2.75. The van der Waals surface area contributed by atoms with E-state index in [1.54, 1.807) is 12.1 Å². The van der Waals surface area contributed by atoms with Gasteiger partial charge in [0.1, 0.15) is 0 Å². The highest BCUT2D eigenvalue weighted by Gasteiger charge is 2.15. The lowest BCUT2D eigenvalue weighted by Gasteiger charge is -2.15. The Morgan fingerprint density at radius 1 is 1.00 bits per heavy atom. The van der Waals surface area contributed by atoms with Crippen LogP contribution in [0.3, 0.4) is 0 Å². The average molecular weight is 432 g/mol. The zero-order valence-corrected chi connectivity index (χ0v) is 17.8. The molecule has 0 radical (unpaired) electrons. The minimum absolute atomic E-state index is 0.191. The van der Waals surface area contributed by atoms with Crippen LogP contribution in [-0.4, -0.2) is 11.1 Å². The Labute approximate surface area is 186 Å². The van der Waals surface area contributed by atoms with Crippen molar-refractivity contribution in [2.75, 3.05) is 5.32 Å². The lowest BCUT2D eigenvalue weighted by molar-refractivity contribution is 0.101. The molecule has 1 heterocycles. The molecule has 1 atom stereocenters. The van der Waals surface area contributed by atoms with E-state index in [-0.39, 0.29) is 17.6 Å². The molecule has 156 valence electrons. The zero-order chi connectivity index (χ0) is 21.6. The topological polar surface area (TPSA) is 67.2 Å². The maximum absolute atomic E-state index is 12.7. The van der Waals surface area contributed by atoms with Crippen molar-refractivity contribution in [3.8, 4) is 11.3 Å². The second-order valence-electron chi connectivity index (χ2n) is 7.22. The normalized spacial score (nSPS) is 11.8. The maximum Gasteiger partial charge on any atom is 0.277 e. The SMILES string of the molecule is CC(NCc1ccc(Cl)c(NC(=O)c2cc(-c3ccccc3)on2)c1)c1ccccc1. The first-order valence-electron chi connectivity index (χ1n) is 10.0. The third-order valence-corrected chi connectivity index (χ3v) is 5.32. The number of nitrogens with zero attached hydrogens (tertiary/aromatic N) is 1. The zero-order valence-electron chi connectivity index (χ0n) is 17.0. The number of nitrogens with one attached hydrogen (secondary N) is 2. The molecule has 0 aliphatic carbocycles. The van der Waals surface area contributed by atoms with Crippen molar-refractivity contribution in [2.24, 2.45) is 0 Å². The van der Waals surface area contributed by atoms with Gasteiger partial charge in [-0.25, -0.2) is 0 Å². The van der Waals surface area contributed by atoms with E-state index in [1.165, 1.54) is 5.56 Å². The van der Waals surface area contributed by atoms with E-state index in [0.717, 1.165) is 11.1 Å². The Balaban J connectivity index is 1.43. The minimum Gasteiger partial charge on any atom is -0.355 e. The quantitative estimate of drug-likeness (QED) is 0.371. The summed E-state index contributed by atoms with van der Waals surface area (Å²) in [6.07, 6.45) is 0. The lowest BCUT2D eigenvalue weighted by atomic mass is 10.1. The molecular formula is C25H22ClN3O2. The van der Waals surface area contributed by atoms with Crippen LogP contribution in [0.2, 0.25) is 5.02 Å². The molecule has 31 heavy (non-hydrogen) atoms. The van der Waals surface area contributed by atoms with E-state index < -0.39 is 0 Å². The van der Waals surface area contributed by atoms with Crippen LogP contribution >= 0.6 is 11.6 Å². The summed E-state index contributed by atoms with van der Waals surface area (Å²) in [4.78, 5) is 12.7. The predicted molar refractivity (Wildman–Crippen MR) is 123 cm³/mol. The number of carbonyl (C=O) groups is 1. The molecule has 4 rings (SSSR count). The molecule has 5 nitrogen and oxygen atoms in total. The van der Waals surface area contributed by atoms with Gasteiger partial charge in [-0.05, 0) is 30.2 Å². The Hall–Kier alpha value is -3.41. The average Bonchev–Trinajstić information content (AvgIpc) is 3.31. The van der Waals surface area contributed by atoms with Crippen LogP contribution in [0, 0.1) is 0 Å². The van der Waals surface area contributed by atoms with Gasteiger partial charge in [0, 0.05) is 24.2 Å². The summed E-state index contributed by atoms with van der Waals surface area (Å²) in [5.74, 6) is 0.153. The van der Waals surface area contributed by atoms with E-state index in [1.807, 2.05) is 60.7 Å². The summed E-state index contributed by atoms with van der Waals surface area (Å²) in [6, 6.07) is 27.1. The molecule has 0 bridgehead atoms. The van der Waals surface area contributed by atoms with Crippen molar-refractivity contribution in [1.82, 2.24) is 10.5 Å². The second kappa shape index (κ2) is 9.60. The van der Waals surface area contributed by atoms with Crippen molar-refractivity contribution in [1.29, 1.82) is 0 Å². The van der Waals surface area contributed by atoms with E-state index in [2.05, 4.69) is 34.8 Å². The first-order valence-corrected chi connectivity index (χ1v) is 10.4. The molecule has 1 unspecified atom stereocenters. The molecule has 4 aromatic rings. The number of carbonyl (C=O) groups excluding carboxylic acids is 1. The van der Waals surface area contributed by atoms with E-state index in [4.69, 9.17) is 16.1 Å². The van der Waals surface area contributed by atoms with Gasteiger partial charge < -0.3 is 15.2 Å². The van der Waals surface area contributed by atoms with Gasteiger partial charge >= 0.3 is 0 Å². The predicted octanol–water partition coefficient (Wildman–Crippen LogP) is 6.10. The van der Waals surface area contributed by atoms with Crippen LogP contribution in [0.4, 0.5) is 5.69 Å². The number of aromatic nitrogens is 1. The molecule has 3 aromatic carbocycles. The number of anilines is 1. The maximum atomic E-state index is 12.7. The van der Waals surface area contributed by atoms with Crippen LogP contribution in [0.1, 0.15) is 34.6 Å². The number of amides is 1. The molecule has 0 fully saturated rings. The third-order valence-electron chi connectivity index (χ3n) is 4.99. The molecular weight excluding hydrogens is 410 g/mol. The van der Waals surface area contributed by atoms with E-state index in [0.29, 0.717) is 23.0 Å². The first-order chi connectivity index (χ1) is 15.1. The summed E-state index contributed by atoms with van der Waals surface area (Å²) in [5, 5.41) is 10.7. The molecule has 0 aliphatic rings. The van der Waals surface area contributed by atoms with Gasteiger partial charge in [0.2, 0.25) is 0 Å². The molecule has 6 heteroatoms. The van der Waals surface area contributed by atoms with E-state index in [9.17, 15) is 4.79 Å². The monoisotopic (exact) mass is 431 g/mol. The Kier molecular flexibility index (Phi) is 6.46. The fourth-order valence-electron chi connectivity index (χ4n) is 3.22. The molecule has 0 spiro atoms. The molecule has 2 N–H and O–H groups in total. The number of halogens is 1. The highest BCUT2D eigenvalue weighted by molar-refractivity contribution is 6.33. The van der Waals surface area contributed by atoms with Crippen molar-refractivity contribution >= 4 is 23.2 Å². The van der Waals surface area contributed by atoms with Crippen LogP contribution in [0.5, 0.6) is 0 Å². The van der Waals surface area contributed by atoms with Gasteiger partial charge in [-0.3, -0.25) is 4.79 Å². The smallest absolute Gasteiger partial charge is 0.277 e. The van der Waals surface area contributed by atoms with Crippen LogP contribution < -0.4 is 10.6 Å². The van der Waals surface area contributed by atoms with Crippen molar-refractivity contribution in [2.45, 2.75) is 19.5 Å². The number of benzene rings is 3. The standard InChI is InChI=1S/C25H22ClN3O2/c1-17(19-8-4-2-5-9-19)27-16-18-12-13-21(26)22(14-18)28-25(30)23-15-24(31-29-23)20-10-6-3-7-11-20/h2-15,17,27H,16H2,1H3,(H,28,30). The molecule has 0 saturated carbocycles. The largest absolute Gasteiger partial charge is 0.355 e. The van der Waals surface area contributed by atoms with Crippen molar-refractivity contribution < 1.29 is 9.32 Å².